The van der Waals surface area contributed by atoms with Gasteiger partial charge in [0.15, 0.2) is 0 Å². The molecule has 0 aromatic rings. The Bertz CT molecular complexity index is 455. The lowest BCUT2D eigenvalue weighted by Gasteiger charge is -2.04. The Morgan fingerprint density at radius 1 is 1.05 bits per heavy atom. The van der Waals surface area contributed by atoms with Crippen LogP contribution < -0.4 is 0 Å². The Kier molecular flexibility index (Phi) is 11.1. The van der Waals surface area contributed by atoms with E-state index in [2.05, 4.69) is 29.2 Å². The van der Waals surface area contributed by atoms with Crippen molar-refractivity contribution in [1.82, 2.24) is 0 Å². The average molecular weight is 308 g/mol. The van der Waals surface area contributed by atoms with Gasteiger partial charge in [-0.2, -0.15) is 8.42 Å². The van der Waals surface area contributed by atoms with E-state index in [4.69, 9.17) is 17.5 Å². The molecule has 0 saturated heterocycles. The summed E-state index contributed by atoms with van der Waals surface area (Å²) in [6.45, 7) is 10.4. The molecule has 0 saturated carbocycles. The highest BCUT2D eigenvalue weighted by Gasteiger charge is 2.13. The summed E-state index contributed by atoms with van der Waals surface area (Å²) < 4.78 is 40.9. The first-order valence-corrected chi connectivity index (χ1v) is 6.43. The Balaban J connectivity index is 0. The van der Waals surface area contributed by atoms with Crippen molar-refractivity contribution in [2.75, 3.05) is 13.2 Å². The first-order chi connectivity index (χ1) is 9.11. The fraction of sp³-hybridized carbons (Fsp3) is 0.273. The van der Waals surface area contributed by atoms with E-state index < -0.39 is 22.3 Å². The zero-order chi connectivity index (χ0) is 16.2. The minimum atomic E-state index is -4.67. The fourth-order valence-corrected chi connectivity index (χ4v) is 0.686. The van der Waals surface area contributed by atoms with Crippen LogP contribution in [0.4, 0.5) is 0 Å². The van der Waals surface area contributed by atoms with Gasteiger partial charge in [0, 0.05) is 5.57 Å². The van der Waals surface area contributed by atoms with Gasteiger partial charge in [-0.3, -0.25) is 13.9 Å². The molecule has 0 bridgehead atoms. The number of ether oxygens (including phenoxy) is 2. The number of hydrogen-bond acceptors (Lipinski definition) is 6. The zero-order valence-electron chi connectivity index (χ0n) is 10.6. The van der Waals surface area contributed by atoms with Crippen LogP contribution in [-0.4, -0.2) is 42.7 Å². The topological polar surface area (TPSA) is 127 Å². The van der Waals surface area contributed by atoms with Crippen molar-refractivity contribution in [2.24, 2.45) is 0 Å². The summed E-state index contributed by atoms with van der Waals surface area (Å²) in [4.78, 5) is 22.1. The molecule has 0 aliphatic carbocycles. The van der Waals surface area contributed by atoms with E-state index in [1.807, 2.05) is 0 Å². The lowest BCUT2D eigenvalue weighted by Crippen LogP contribution is -2.13. The van der Waals surface area contributed by atoms with Crippen molar-refractivity contribution in [3.63, 3.8) is 0 Å². The van der Waals surface area contributed by atoms with E-state index in [1.165, 1.54) is 12.2 Å². The molecule has 114 valence electrons. The SMILES string of the molecule is C=CCOC(=O)CC(=C)C(=O)OCC=C.O=S(=O)(O)O. The molecule has 0 heterocycles. The van der Waals surface area contributed by atoms with Crippen molar-refractivity contribution in [3.05, 3.63) is 37.5 Å². The summed E-state index contributed by atoms with van der Waals surface area (Å²) in [5.74, 6) is -1.15. The van der Waals surface area contributed by atoms with Gasteiger partial charge in [-0.05, 0) is 0 Å². The molecule has 9 heteroatoms. The highest BCUT2D eigenvalue weighted by molar-refractivity contribution is 7.79. The van der Waals surface area contributed by atoms with Crippen molar-refractivity contribution in [2.45, 2.75) is 6.42 Å². The molecular formula is C11H16O8S. The highest BCUT2D eigenvalue weighted by Crippen LogP contribution is 2.03. The van der Waals surface area contributed by atoms with Gasteiger partial charge in [-0.25, -0.2) is 4.79 Å². The number of rotatable bonds is 7. The molecule has 0 amide bonds. The van der Waals surface area contributed by atoms with Crippen molar-refractivity contribution >= 4 is 22.3 Å². The first-order valence-electron chi connectivity index (χ1n) is 5.04. The maximum absolute atomic E-state index is 11.1. The maximum Gasteiger partial charge on any atom is 0.394 e. The van der Waals surface area contributed by atoms with E-state index in [1.54, 1.807) is 0 Å². The lowest BCUT2D eigenvalue weighted by atomic mass is 10.2. The van der Waals surface area contributed by atoms with Crippen LogP contribution in [0.3, 0.4) is 0 Å². The quantitative estimate of drug-likeness (QED) is 0.305. The van der Waals surface area contributed by atoms with E-state index in [0.717, 1.165) is 0 Å². The Labute approximate surface area is 117 Å². The third-order valence-electron chi connectivity index (χ3n) is 1.34. The molecule has 0 aromatic heterocycles. The molecule has 0 rings (SSSR count). The standard InChI is InChI=1S/C11H14O4.H2O4S/c1-4-6-14-10(12)8-9(3)11(13)15-7-5-2;1-5(2,3)4/h4-5H,1-3,6-8H2;(H2,1,2,3,4). The van der Waals surface area contributed by atoms with Crippen molar-refractivity contribution in [1.29, 1.82) is 0 Å². The molecule has 0 radical (unpaired) electrons. The van der Waals surface area contributed by atoms with E-state index in [9.17, 15) is 9.59 Å². The summed E-state index contributed by atoms with van der Waals surface area (Å²) in [5.41, 5.74) is 0.0610. The number of esters is 2. The molecule has 0 fully saturated rings. The van der Waals surface area contributed by atoms with Crippen molar-refractivity contribution < 1.29 is 36.6 Å². The molecule has 0 unspecified atom stereocenters. The largest absolute Gasteiger partial charge is 0.461 e. The van der Waals surface area contributed by atoms with Gasteiger partial charge in [-0.15, -0.1) is 0 Å². The van der Waals surface area contributed by atoms with Crippen LogP contribution in [0.25, 0.3) is 0 Å². The minimum absolute atomic E-state index is 0.0610. The van der Waals surface area contributed by atoms with Crippen LogP contribution in [0.1, 0.15) is 6.42 Å². The van der Waals surface area contributed by atoms with Crippen LogP contribution in [0, 0.1) is 0 Å². The smallest absolute Gasteiger partial charge is 0.394 e. The predicted molar refractivity (Wildman–Crippen MR) is 70.2 cm³/mol. The molecule has 0 aromatic carbocycles. The number of carbonyl (C=O) groups excluding carboxylic acids is 2. The van der Waals surface area contributed by atoms with E-state index in [0.29, 0.717) is 0 Å². The Hall–Kier alpha value is -1.97. The fourth-order valence-electron chi connectivity index (χ4n) is 0.686. The first kappa shape index (κ1) is 20.3. The maximum atomic E-state index is 11.1. The second-order valence-corrected chi connectivity index (χ2v) is 3.98. The number of hydrogen-bond donors (Lipinski definition) is 2. The second-order valence-electron chi connectivity index (χ2n) is 3.09. The van der Waals surface area contributed by atoms with Crippen LogP contribution in [0.2, 0.25) is 0 Å². The van der Waals surface area contributed by atoms with Crippen LogP contribution in [0.5, 0.6) is 0 Å². The summed E-state index contributed by atoms with van der Waals surface area (Å²) in [7, 11) is -4.67. The van der Waals surface area contributed by atoms with Gasteiger partial charge in [0.2, 0.25) is 0 Å². The second kappa shape index (κ2) is 10.9. The van der Waals surface area contributed by atoms with Crippen molar-refractivity contribution in [3.8, 4) is 0 Å². The summed E-state index contributed by atoms with van der Waals surface area (Å²) in [5, 5.41) is 0. The van der Waals surface area contributed by atoms with Crippen LogP contribution >= 0.6 is 0 Å². The summed E-state index contributed by atoms with van der Waals surface area (Å²) in [6.07, 6.45) is 2.70. The molecule has 0 atom stereocenters. The molecule has 8 nitrogen and oxygen atoms in total. The van der Waals surface area contributed by atoms with Gasteiger partial charge >= 0.3 is 22.3 Å². The zero-order valence-corrected chi connectivity index (χ0v) is 11.5. The molecule has 0 aliphatic rings. The number of carbonyl (C=O) groups is 2. The van der Waals surface area contributed by atoms with Gasteiger partial charge < -0.3 is 9.47 Å². The predicted octanol–water partition coefficient (Wildman–Crippen LogP) is 0.738. The summed E-state index contributed by atoms with van der Waals surface area (Å²) >= 11 is 0. The molecule has 20 heavy (non-hydrogen) atoms. The van der Waals surface area contributed by atoms with Crippen LogP contribution in [-0.2, 0) is 29.5 Å². The minimum Gasteiger partial charge on any atom is -0.461 e. The molecule has 0 aliphatic heterocycles. The average Bonchev–Trinajstić information content (AvgIpc) is 2.31. The van der Waals surface area contributed by atoms with Crippen LogP contribution in [0.15, 0.2) is 37.5 Å². The highest BCUT2D eigenvalue weighted by atomic mass is 32.3. The third kappa shape index (κ3) is 18.4. The van der Waals surface area contributed by atoms with E-state index in [-0.39, 0.29) is 25.2 Å². The third-order valence-corrected chi connectivity index (χ3v) is 1.34. The van der Waals surface area contributed by atoms with E-state index >= 15 is 0 Å². The van der Waals surface area contributed by atoms with Gasteiger partial charge in [-0.1, -0.05) is 31.9 Å². The molecule has 0 spiro atoms. The van der Waals surface area contributed by atoms with Gasteiger partial charge in [0.1, 0.15) is 13.2 Å². The Morgan fingerprint density at radius 3 is 1.85 bits per heavy atom. The summed E-state index contributed by atoms with van der Waals surface area (Å²) in [6, 6.07) is 0. The monoisotopic (exact) mass is 308 g/mol. The van der Waals surface area contributed by atoms with Gasteiger partial charge in [0.25, 0.3) is 0 Å². The lowest BCUT2D eigenvalue weighted by molar-refractivity contribution is -0.145. The molecule has 2 N–H and O–H groups in total. The van der Waals surface area contributed by atoms with Gasteiger partial charge in [0.05, 0.1) is 6.42 Å². The molecular weight excluding hydrogens is 292 g/mol. The normalized spacial score (nSPS) is 9.50. The Morgan fingerprint density at radius 2 is 1.45 bits per heavy atom.